The van der Waals surface area contributed by atoms with E-state index < -0.39 is 14.9 Å². The lowest BCUT2D eigenvalue weighted by Crippen LogP contribution is -2.27. The lowest BCUT2D eigenvalue weighted by atomic mass is 10.2. The second-order valence-electron chi connectivity index (χ2n) is 5.26. The lowest BCUT2D eigenvalue weighted by molar-refractivity contribution is -0.384. The predicted molar refractivity (Wildman–Crippen MR) is 101 cm³/mol. The van der Waals surface area contributed by atoms with Crippen LogP contribution in [-0.4, -0.2) is 25.6 Å². The summed E-state index contributed by atoms with van der Waals surface area (Å²) in [4.78, 5) is 10.2. The van der Waals surface area contributed by atoms with E-state index in [4.69, 9.17) is 11.6 Å². The van der Waals surface area contributed by atoms with Gasteiger partial charge in [0.2, 0.25) is 10.0 Å². The van der Waals surface area contributed by atoms with Gasteiger partial charge in [-0.3, -0.25) is 10.1 Å². The third-order valence-corrected chi connectivity index (χ3v) is 5.83. The minimum Gasteiger partial charge on any atom is -0.258 e. The van der Waals surface area contributed by atoms with Crippen molar-refractivity contribution in [3.05, 3.63) is 74.8 Å². The number of halogens is 1. The molecule has 9 heteroatoms. The standard InChI is InChI=1S/C16H17ClN2O4S2/c17-15-5-1-3-13(9-15)11-24-8-7-18-25(22,23)12-14-4-2-6-16(10-14)19(20)21/h1-6,9-10,18H,7-8,11-12H2. The molecule has 0 atom stereocenters. The van der Waals surface area contributed by atoms with Crippen LogP contribution in [0.5, 0.6) is 0 Å². The van der Waals surface area contributed by atoms with Gasteiger partial charge in [0, 0.05) is 35.2 Å². The Kier molecular flexibility index (Phi) is 7.24. The first kappa shape index (κ1) is 19.7. The smallest absolute Gasteiger partial charge is 0.258 e. The summed E-state index contributed by atoms with van der Waals surface area (Å²) in [6.07, 6.45) is 0. The third-order valence-electron chi connectivity index (χ3n) is 3.20. The van der Waals surface area contributed by atoms with Gasteiger partial charge in [-0.25, -0.2) is 13.1 Å². The molecule has 0 aromatic heterocycles. The van der Waals surface area contributed by atoms with Gasteiger partial charge in [-0.15, -0.1) is 0 Å². The van der Waals surface area contributed by atoms with E-state index in [1.54, 1.807) is 23.9 Å². The van der Waals surface area contributed by atoms with Gasteiger partial charge in [0.25, 0.3) is 5.69 Å². The van der Waals surface area contributed by atoms with E-state index in [0.29, 0.717) is 22.9 Å². The normalized spacial score (nSPS) is 11.4. The van der Waals surface area contributed by atoms with Gasteiger partial charge in [0.15, 0.2) is 0 Å². The number of hydrogen-bond acceptors (Lipinski definition) is 5. The summed E-state index contributed by atoms with van der Waals surface area (Å²) in [6, 6.07) is 13.2. The molecule has 2 aromatic carbocycles. The van der Waals surface area contributed by atoms with Crippen LogP contribution < -0.4 is 4.72 Å². The molecule has 0 spiro atoms. The molecule has 0 radical (unpaired) electrons. The Morgan fingerprint density at radius 3 is 2.56 bits per heavy atom. The largest absolute Gasteiger partial charge is 0.269 e. The highest BCUT2D eigenvalue weighted by molar-refractivity contribution is 7.98. The minimum atomic E-state index is -3.54. The topological polar surface area (TPSA) is 89.3 Å². The van der Waals surface area contributed by atoms with Crippen LogP contribution in [0.15, 0.2) is 48.5 Å². The Bertz CT molecular complexity index is 844. The fourth-order valence-corrected chi connectivity index (χ4v) is 4.40. The van der Waals surface area contributed by atoms with Gasteiger partial charge >= 0.3 is 0 Å². The molecule has 0 amide bonds. The summed E-state index contributed by atoms with van der Waals surface area (Å²) in [6.45, 7) is 0.294. The molecule has 6 nitrogen and oxygen atoms in total. The number of nitro groups is 1. The molecule has 25 heavy (non-hydrogen) atoms. The second-order valence-corrected chi connectivity index (χ2v) is 8.61. The van der Waals surface area contributed by atoms with Gasteiger partial charge in [-0.05, 0) is 23.3 Å². The van der Waals surface area contributed by atoms with E-state index in [-0.39, 0.29) is 11.4 Å². The zero-order valence-electron chi connectivity index (χ0n) is 13.2. The van der Waals surface area contributed by atoms with Crippen LogP contribution in [0.4, 0.5) is 5.69 Å². The molecule has 0 unspecified atom stereocenters. The van der Waals surface area contributed by atoms with Gasteiger partial charge in [-0.2, -0.15) is 11.8 Å². The quantitative estimate of drug-likeness (QED) is 0.394. The molecule has 0 saturated carbocycles. The summed E-state index contributed by atoms with van der Waals surface area (Å²) in [5.41, 5.74) is 1.34. The number of nitrogens with one attached hydrogen (secondary N) is 1. The molecule has 0 aliphatic heterocycles. The summed E-state index contributed by atoms with van der Waals surface area (Å²) in [7, 11) is -3.54. The fourth-order valence-electron chi connectivity index (χ4n) is 2.12. The van der Waals surface area contributed by atoms with E-state index in [1.807, 2.05) is 18.2 Å². The van der Waals surface area contributed by atoms with Crippen LogP contribution in [0.1, 0.15) is 11.1 Å². The van der Waals surface area contributed by atoms with Crippen molar-refractivity contribution in [2.45, 2.75) is 11.5 Å². The molecule has 2 aromatic rings. The van der Waals surface area contributed by atoms with Crippen molar-refractivity contribution in [1.82, 2.24) is 4.72 Å². The van der Waals surface area contributed by atoms with Gasteiger partial charge < -0.3 is 0 Å². The maximum absolute atomic E-state index is 12.1. The second kappa shape index (κ2) is 9.19. The van der Waals surface area contributed by atoms with Crippen molar-refractivity contribution in [2.75, 3.05) is 12.3 Å². The molecule has 0 heterocycles. The van der Waals surface area contributed by atoms with Crippen molar-refractivity contribution >= 4 is 39.1 Å². The van der Waals surface area contributed by atoms with Crippen LogP contribution in [-0.2, 0) is 21.5 Å². The molecule has 0 aliphatic carbocycles. The maximum Gasteiger partial charge on any atom is 0.269 e. The molecular formula is C16H17ClN2O4S2. The Hall–Kier alpha value is -1.61. The lowest BCUT2D eigenvalue weighted by Gasteiger charge is -2.07. The van der Waals surface area contributed by atoms with Crippen molar-refractivity contribution in [2.24, 2.45) is 0 Å². The number of rotatable bonds is 9. The van der Waals surface area contributed by atoms with Crippen molar-refractivity contribution < 1.29 is 13.3 Å². The highest BCUT2D eigenvalue weighted by Crippen LogP contribution is 2.17. The Morgan fingerprint density at radius 2 is 1.84 bits per heavy atom. The first-order valence-electron chi connectivity index (χ1n) is 7.38. The van der Waals surface area contributed by atoms with Crippen molar-refractivity contribution in [1.29, 1.82) is 0 Å². The molecule has 0 aliphatic rings. The molecule has 0 bridgehead atoms. The Balaban J connectivity index is 1.77. The highest BCUT2D eigenvalue weighted by atomic mass is 35.5. The first-order chi connectivity index (χ1) is 11.9. The van der Waals surface area contributed by atoms with Crippen LogP contribution in [0.25, 0.3) is 0 Å². The van der Waals surface area contributed by atoms with E-state index in [2.05, 4.69) is 4.72 Å². The average Bonchev–Trinajstić information content (AvgIpc) is 2.54. The zero-order chi connectivity index (χ0) is 18.3. The van der Waals surface area contributed by atoms with E-state index in [9.17, 15) is 18.5 Å². The summed E-state index contributed by atoms with van der Waals surface area (Å²) >= 11 is 7.50. The number of non-ortho nitro benzene ring substituents is 1. The minimum absolute atomic E-state index is 0.121. The zero-order valence-corrected chi connectivity index (χ0v) is 15.6. The molecule has 0 saturated heterocycles. The van der Waals surface area contributed by atoms with Crippen LogP contribution in [0.2, 0.25) is 5.02 Å². The number of benzene rings is 2. The van der Waals surface area contributed by atoms with Crippen LogP contribution in [0, 0.1) is 10.1 Å². The van der Waals surface area contributed by atoms with Gasteiger partial charge in [0.05, 0.1) is 10.7 Å². The number of sulfonamides is 1. The maximum atomic E-state index is 12.1. The Labute approximate surface area is 155 Å². The Morgan fingerprint density at radius 1 is 1.12 bits per heavy atom. The van der Waals surface area contributed by atoms with Crippen molar-refractivity contribution in [3.63, 3.8) is 0 Å². The molecular weight excluding hydrogens is 384 g/mol. The number of nitrogens with zero attached hydrogens (tertiary/aromatic N) is 1. The summed E-state index contributed by atoms with van der Waals surface area (Å²) in [5, 5.41) is 11.4. The number of hydrogen-bond donors (Lipinski definition) is 1. The molecule has 1 N–H and O–H groups in total. The summed E-state index contributed by atoms with van der Waals surface area (Å²) in [5.74, 6) is 1.07. The van der Waals surface area contributed by atoms with E-state index in [0.717, 1.165) is 11.3 Å². The SMILES string of the molecule is O=[N+]([O-])c1cccc(CS(=O)(=O)NCCSCc2cccc(Cl)c2)c1. The number of nitro benzene ring substituents is 1. The summed E-state index contributed by atoms with van der Waals surface area (Å²) < 4.78 is 26.6. The van der Waals surface area contributed by atoms with E-state index >= 15 is 0 Å². The molecule has 0 fully saturated rings. The first-order valence-corrected chi connectivity index (χ1v) is 10.6. The van der Waals surface area contributed by atoms with Gasteiger partial charge in [0.1, 0.15) is 0 Å². The predicted octanol–water partition coefficient (Wildman–Crippen LogP) is 3.60. The molecule has 134 valence electrons. The molecule has 2 rings (SSSR count). The van der Waals surface area contributed by atoms with Crippen LogP contribution >= 0.6 is 23.4 Å². The monoisotopic (exact) mass is 400 g/mol. The highest BCUT2D eigenvalue weighted by Gasteiger charge is 2.13. The van der Waals surface area contributed by atoms with E-state index in [1.165, 1.54) is 18.2 Å². The average molecular weight is 401 g/mol. The van der Waals surface area contributed by atoms with Crippen molar-refractivity contribution in [3.8, 4) is 0 Å². The third kappa shape index (κ3) is 7.03. The van der Waals surface area contributed by atoms with Crippen LogP contribution in [0.3, 0.4) is 0 Å². The number of thioether (sulfide) groups is 1. The fraction of sp³-hybridized carbons (Fsp3) is 0.250. The van der Waals surface area contributed by atoms with Gasteiger partial charge in [-0.1, -0.05) is 35.9 Å².